The third-order valence-electron chi connectivity index (χ3n) is 6.26. The Balaban J connectivity index is 2.03. The molecule has 0 aromatic heterocycles. The van der Waals surface area contributed by atoms with Gasteiger partial charge in [0.15, 0.2) is 0 Å². The Bertz CT molecular complexity index is 1340. The summed E-state index contributed by atoms with van der Waals surface area (Å²) in [5.41, 5.74) is 2.26. The maximum atomic E-state index is 14.0. The van der Waals surface area contributed by atoms with Crippen LogP contribution in [-0.2, 0) is 26.2 Å². The Labute approximate surface area is 231 Å². The molecule has 0 aliphatic rings. The standard InChI is InChI=1S/C30H37N3O5S/c1-6-28(30(35)31-22(2)3)32(20-24-14-12-23(4)13-15-24)29(34)21-33(25-10-8-7-9-11-25)39(36,37)27-18-16-26(38-5)17-19-27/h7-19,22,28H,6,20-21H2,1-5H3,(H,31,35)/t28-/m1/s1. The smallest absolute Gasteiger partial charge is 0.264 e. The lowest BCUT2D eigenvalue weighted by Gasteiger charge is -2.33. The number of aryl methyl sites for hydroxylation is 1. The number of nitrogens with one attached hydrogen (secondary N) is 1. The number of para-hydroxylation sites is 1. The molecule has 1 atom stereocenters. The van der Waals surface area contributed by atoms with E-state index in [1.807, 2.05) is 52.0 Å². The Morgan fingerprint density at radius 3 is 2.08 bits per heavy atom. The summed E-state index contributed by atoms with van der Waals surface area (Å²) >= 11 is 0. The van der Waals surface area contributed by atoms with Gasteiger partial charge in [-0.15, -0.1) is 0 Å². The molecular weight excluding hydrogens is 514 g/mol. The van der Waals surface area contributed by atoms with Crippen molar-refractivity contribution in [1.29, 1.82) is 0 Å². The van der Waals surface area contributed by atoms with Crippen LogP contribution in [0.15, 0.2) is 83.8 Å². The molecule has 208 valence electrons. The highest BCUT2D eigenvalue weighted by molar-refractivity contribution is 7.92. The predicted octanol–water partition coefficient (Wildman–Crippen LogP) is 4.53. The Morgan fingerprint density at radius 2 is 1.54 bits per heavy atom. The number of sulfonamides is 1. The highest BCUT2D eigenvalue weighted by atomic mass is 32.2. The molecule has 0 aliphatic carbocycles. The molecule has 0 aliphatic heterocycles. The van der Waals surface area contributed by atoms with Crippen LogP contribution in [0.1, 0.15) is 38.3 Å². The summed E-state index contributed by atoms with van der Waals surface area (Å²) in [6.45, 7) is 7.21. The molecular formula is C30H37N3O5S. The van der Waals surface area contributed by atoms with E-state index < -0.39 is 28.5 Å². The molecule has 3 aromatic carbocycles. The second-order valence-electron chi connectivity index (χ2n) is 9.62. The zero-order valence-electron chi connectivity index (χ0n) is 23.1. The number of rotatable bonds is 12. The Morgan fingerprint density at radius 1 is 0.923 bits per heavy atom. The van der Waals surface area contributed by atoms with Crippen LogP contribution in [0.25, 0.3) is 0 Å². The zero-order chi connectivity index (χ0) is 28.6. The van der Waals surface area contributed by atoms with Gasteiger partial charge in [-0.1, -0.05) is 55.0 Å². The van der Waals surface area contributed by atoms with Crippen LogP contribution in [0.4, 0.5) is 5.69 Å². The van der Waals surface area contributed by atoms with Crippen LogP contribution < -0.4 is 14.4 Å². The van der Waals surface area contributed by atoms with Crippen molar-refractivity contribution in [2.75, 3.05) is 18.0 Å². The van der Waals surface area contributed by atoms with Crippen LogP contribution in [0, 0.1) is 6.92 Å². The maximum Gasteiger partial charge on any atom is 0.264 e. The Kier molecular flexibility index (Phi) is 10.1. The van der Waals surface area contributed by atoms with Crippen LogP contribution >= 0.6 is 0 Å². The number of ether oxygens (including phenoxy) is 1. The van der Waals surface area contributed by atoms with E-state index in [-0.39, 0.29) is 23.4 Å². The summed E-state index contributed by atoms with van der Waals surface area (Å²) in [6.07, 6.45) is 0.368. The minimum absolute atomic E-state index is 0.0228. The second-order valence-corrected chi connectivity index (χ2v) is 11.5. The fraction of sp³-hybridized carbons (Fsp3) is 0.333. The lowest BCUT2D eigenvalue weighted by Crippen LogP contribution is -2.53. The molecule has 3 aromatic rings. The first-order chi connectivity index (χ1) is 18.6. The van der Waals surface area contributed by atoms with Gasteiger partial charge in [0, 0.05) is 12.6 Å². The predicted molar refractivity (Wildman–Crippen MR) is 153 cm³/mol. The van der Waals surface area contributed by atoms with E-state index in [1.165, 1.54) is 24.1 Å². The zero-order valence-corrected chi connectivity index (χ0v) is 23.9. The summed E-state index contributed by atoms with van der Waals surface area (Å²) in [5.74, 6) is -0.248. The molecule has 8 nitrogen and oxygen atoms in total. The van der Waals surface area contributed by atoms with Crippen molar-refractivity contribution < 1.29 is 22.7 Å². The quantitative estimate of drug-likeness (QED) is 0.357. The van der Waals surface area contributed by atoms with E-state index in [1.54, 1.807) is 42.5 Å². The average Bonchev–Trinajstić information content (AvgIpc) is 2.92. The molecule has 0 unspecified atom stereocenters. The van der Waals surface area contributed by atoms with Crippen LogP contribution in [0.3, 0.4) is 0 Å². The Hall–Kier alpha value is -3.85. The first-order valence-corrected chi connectivity index (χ1v) is 14.4. The lowest BCUT2D eigenvalue weighted by molar-refractivity contribution is -0.140. The molecule has 1 N–H and O–H groups in total. The van der Waals surface area contributed by atoms with Crippen molar-refractivity contribution in [3.8, 4) is 5.75 Å². The van der Waals surface area contributed by atoms with Crippen molar-refractivity contribution in [1.82, 2.24) is 10.2 Å². The largest absolute Gasteiger partial charge is 0.497 e. The number of anilines is 1. The topological polar surface area (TPSA) is 96.0 Å². The molecule has 0 saturated carbocycles. The van der Waals surface area contributed by atoms with E-state index in [9.17, 15) is 18.0 Å². The van der Waals surface area contributed by atoms with Crippen molar-refractivity contribution >= 4 is 27.5 Å². The third kappa shape index (κ3) is 7.60. The molecule has 0 saturated heterocycles. The lowest BCUT2D eigenvalue weighted by atomic mass is 10.1. The molecule has 0 bridgehead atoms. The van der Waals surface area contributed by atoms with E-state index in [0.717, 1.165) is 15.4 Å². The number of hydrogen-bond donors (Lipinski definition) is 1. The van der Waals surface area contributed by atoms with Gasteiger partial charge < -0.3 is 15.0 Å². The van der Waals surface area contributed by atoms with Gasteiger partial charge in [-0.2, -0.15) is 0 Å². The van der Waals surface area contributed by atoms with Crippen molar-refractivity contribution in [3.63, 3.8) is 0 Å². The molecule has 0 spiro atoms. The first kappa shape index (κ1) is 29.7. The molecule has 0 fully saturated rings. The van der Waals surface area contributed by atoms with E-state index in [2.05, 4.69) is 5.32 Å². The monoisotopic (exact) mass is 551 g/mol. The van der Waals surface area contributed by atoms with Crippen molar-refractivity contribution in [3.05, 3.63) is 90.0 Å². The number of amides is 2. The molecule has 0 heterocycles. The number of carbonyl (C=O) groups is 2. The number of carbonyl (C=O) groups excluding carboxylic acids is 2. The van der Waals surface area contributed by atoms with Gasteiger partial charge in [0.25, 0.3) is 10.0 Å². The van der Waals surface area contributed by atoms with Crippen molar-refractivity contribution in [2.45, 2.75) is 57.6 Å². The minimum Gasteiger partial charge on any atom is -0.497 e. The van der Waals surface area contributed by atoms with Gasteiger partial charge in [-0.25, -0.2) is 8.42 Å². The van der Waals surface area contributed by atoms with Gasteiger partial charge in [0.2, 0.25) is 11.8 Å². The van der Waals surface area contributed by atoms with E-state index in [0.29, 0.717) is 17.9 Å². The highest BCUT2D eigenvalue weighted by Crippen LogP contribution is 2.26. The molecule has 0 radical (unpaired) electrons. The number of nitrogens with zero attached hydrogens (tertiary/aromatic N) is 2. The molecule has 39 heavy (non-hydrogen) atoms. The van der Waals surface area contributed by atoms with Gasteiger partial charge in [0.05, 0.1) is 17.7 Å². The first-order valence-electron chi connectivity index (χ1n) is 12.9. The summed E-state index contributed by atoms with van der Waals surface area (Å²) in [7, 11) is -2.63. The minimum atomic E-state index is -4.13. The fourth-order valence-electron chi connectivity index (χ4n) is 4.19. The van der Waals surface area contributed by atoms with E-state index in [4.69, 9.17) is 4.74 Å². The fourth-order valence-corrected chi connectivity index (χ4v) is 5.60. The third-order valence-corrected chi connectivity index (χ3v) is 8.05. The molecule has 2 amide bonds. The average molecular weight is 552 g/mol. The number of methoxy groups -OCH3 is 1. The van der Waals surface area contributed by atoms with Crippen LogP contribution in [0.5, 0.6) is 5.75 Å². The van der Waals surface area contributed by atoms with Gasteiger partial charge >= 0.3 is 0 Å². The number of hydrogen-bond acceptors (Lipinski definition) is 5. The SMILES string of the molecule is CC[C@H](C(=O)NC(C)C)N(Cc1ccc(C)cc1)C(=O)CN(c1ccccc1)S(=O)(=O)c1ccc(OC)cc1. The number of benzene rings is 3. The van der Waals surface area contributed by atoms with Gasteiger partial charge in [-0.3, -0.25) is 13.9 Å². The van der Waals surface area contributed by atoms with Crippen LogP contribution in [-0.4, -0.2) is 50.9 Å². The molecule has 3 rings (SSSR count). The maximum absolute atomic E-state index is 14.0. The molecule has 9 heteroatoms. The van der Waals surface area contributed by atoms with Crippen molar-refractivity contribution in [2.24, 2.45) is 0 Å². The summed E-state index contributed by atoms with van der Waals surface area (Å²) < 4.78 is 33.9. The summed E-state index contributed by atoms with van der Waals surface area (Å²) in [4.78, 5) is 28.6. The summed E-state index contributed by atoms with van der Waals surface area (Å²) in [5, 5.41) is 2.90. The van der Waals surface area contributed by atoms with Gasteiger partial charge in [-0.05, 0) is 69.2 Å². The van der Waals surface area contributed by atoms with Gasteiger partial charge in [0.1, 0.15) is 18.3 Å². The van der Waals surface area contributed by atoms with E-state index >= 15 is 0 Å². The normalized spacial score (nSPS) is 12.1. The second kappa shape index (κ2) is 13.3. The highest BCUT2D eigenvalue weighted by Gasteiger charge is 2.33. The summed E-state index contributed by atoms with van der Waals surface area (Å²) in [6, 6.07) is 21.3. The van der Waals surface area contributed by atoms with Crippen LogP contribution in [0.2, 0.25) is 0 Å².